The SMILES string of the molecule is Cc1ccc2c(c1)nc(CNC(=O)Nc1ccc(OCCN3CCCCC3)cc1)n2C. The summed E-state index contributed by atoms with van der Waals surface area (Å²) in [4.78, 5) is 19.4. The van der Waals surface area contributed by atoms with Crippen LogP contribution in [-0.4, -0.2) is 46.7 Å². The average molecular weight is 422 g/mol. The molecule has 0 radical (unpaired) electrons. The summed E-state index contributed by atoms with van der Waals surface area (Å²) >= 11 is 0. The van der Waals surface area contributed by atoms with Gasteiger partial charge in [-0.3, -0.25) is 4.90 Å². The van der Waals surface area contributed by atoms with Crippen molar-refractivity contribution in [2.75, 3.05) is 31.6 Å². The van der Waals surface area contributed by atoms with Crippen molar-refractivity contribution in [3.8, 4) is 5.75 Å². The van der Waals surface area contributed by atoms with E-state index in [2.05, 4.69) is 38.7 Å². The highest BCUT2D eigenvalue weighted by Crippen LogP contribution is 2.18. The molecule has 1 aliphatic rings. The zero-order chi connectivity index (χ0) is 21.6. The van der Waals surface area contributed by atoms with Gasteiger partial charge in [0.15, 0.2) is 0 Å². The molecule has 164 valence electrons. The number of carbonyl (C=O) groups is 1. The van der Waals surface area contributed by atoms with E-state index in [1.807, 2.05) is 42.8 Å². The molecule has 0 aliphatic carbocycles. The lowest BCUT2D eigenvalue weighted by molar-refractivity contribution is 0.183. The van der Waals surface area contributed by atoms with Crippen LogP contribution in [-0.2, 0) is 13.6 Å². The Balaban J connectivity index is 1.23. The number of hydrogen-bond donors (Lipinski definition) is 2. The number of nitrogens with zero attached hydrogens (tertiary/aromatic N) is 3. The van der Waals surface area contributed by atoms with Crippen LogP contribution in [0.3, 0.4) is 0 Å². The highest BCUT2D eigenvalue weighted by Gasteiger charge is 2.11. The Hall–Kier alpha value is -3.06. The number of rotatable bonds is 7. The van der Waals surface area contributed by atoms with Crippen LogP contribution in [0, 0.1) is 6.92 Å². The fourth-order valence-corrected chi connectivity index (χ4v) is 3.96. The van der Waals surface area contributed by atoms with Crippen LogP contribution in [0.2, 0.25) is 0 Å². The van der Waals surface area contributed by atoms with Crippen LogP contribution >= 0.6 is 0 Å². The van der Waals surface area contributed by atoms with Gasteiger partial charge in [-0.15, -0.1) is 0 Å². The number of anilines is 1. The number of aromatic nitrogens is 2. The number of ether oxygens (including phenoxy) is 1. The van der Waals surface area contributed by atoms with Crippen molar-refractivity contribution in [3.63, 3.8) is 0 Å². The predicted octanol–water partition coefficient (Wildman–Crippen LogP) is 4.07. The minimum Gasteiger partial charge on any atom is -0.492 e. The van der Waals surface area contributed by atoms with Crippen molar-refractivity contribution < 1.29 is 9.53 Å². The normalized spacial score (nSPS) is 14.5. The summed E-state index contributed by atoms with van der Waals surface area (Å²) in [7, 11) is 1.96. The van der Waals surface area contributed by atoms with Gasteiger partial charge in [0.2, 0.25) is 0 Å². The highest BCUT2D eigenvalue weighted by atomic mass is 16.5. The van der Waals surface area contributed by atoms with E-state index in [-0.39, 0.29) is 6.03 Å². The van der Waals surface area contributed by atoms with E-state index in [9.17, 15) is 4.79 Å². The maximum atomic E-state index is 12.3. The summed E-state index contributed by atoms with van der Waals surface area (Å²) in [5.41, 5.74) is 3.89. The third kappa shape index (κ3) is 5.55. The number of urea groups is 1. The van der Waals surface area contributed by atoms with Gasteiger partial charge in [0, 0.05) is 19.3 Å². The first-order valence-electron chi connectivity index (χ1n) is 11.0. The lowest BCUT2D eigenvalue weighted by atomic mass is 10.1. The molecule has 3 aromatic rings. The maximum absolute atomic E-state index is 12.3. The number of nitrogens with one attached hydrogen (secondary N) is 2. The van der Waals surface area contributed by atoms with Crippen LogP contribution in [0.15, 0.2) is 42.5 Å². The third-order valence-corrected chi connectivity index (χ3v) is 5.77. The molecule has 31 heavy (non-hydrogen) atoms. The number of likely N-dealkylation sites (tertiary alicyclic amines) is 1. The van der Waals surface area contributed by atoms with E-state index in [0.29, 0.717) is 13.2 Å². The highest BCUT2D eigenvalue weighted by molar-refractivity contribution is 5.89. The monoisotopic (exact) mass is 421 g/mol. The predicted molar refractivity (Wildman–Crippen MR) is 124 cm³/mol. The van der Waals surface area contributed by atoms with Crippen molar-refractivity contribution in [1.29, 1.82) is 0 Å². The van der Waals surface area contributed by atoms with Crippen molar-refractivity contribution in [1.82, 2.24) is 19.8 Å². The fraction of sp³-hybridized carbons (Fsp3) is 0.417. The van der Waals surface area contributed by atoms with Gasteiger partial charge in [0.05, 0.1) is 17.6 Å². The molecule has 2 amide bonds. The number of piperidine rings is 1. The Morgan fingerprint density at radius 1 is 1.10 bits per heavy atom. The van der Waals surface area contributed by atoms with Crippen LogP contribution < -0.4 is 15.4 Å². The second-order valence-corrected chi connectivity index (χ2v) is 8.16. The number of benzene rings is 2. The summed E-state index contributed by atoms with van der Waals surface area (Å²) in [5.74, 6) is 1.63. The number of imidazole rings is 1. The maximum Gasteiger partial charge on any atom is 0.319 e. The zero-order valence-electron chi connectivity index (χ0n) is 18.4. The van der Waals surface area contributed by atoms with E-state index in [1.165, 1.54) is 37.9 Å². The average Bonchev–Trinajstić information content (AvgIpc) is 3.09. The minimum atomic E-state index is -0.262. The number of aryl methyl sites for hydroxylation is 2. The molecule has 0 saturated carbocycles. The van der Waals surface area contributed by atoms with Crippen LogP contribution in [0.25, 0.3) is 11.0 Å². The molecule has 1 aliphatic heterocycles. The van der Waals surface area contributed by atoms with Gasteiger partial charge in [-0.2, -0.15) is 0 Å². The molecule has 1 aromatic heterocycles. The zero-order valence-corrected chi connectivity index (χ0v) is 18.4. The molecule has 0 atom stereocenters. The molecule has 7 heteroatoms. The Labute approximate surface area is 183 Å². The second kappa shape index (κ2) is 9.83. The van der Waals surface area contributed by atoms with E-state index in [0.717, 1.165) is 34.8 Å². The second-order valence-electron chi connectivity index (χ2n) is 8.16. The standard InChI is InChI=1S/C24H31N5O2/c1-18-6-11-22-21(16-18)27-23(28(22)2)17-25-24(30)26-19-7-9-20(10-8-19)31-15-14-29-12-4-3-5-13-29/h6-11,16H,3-5,12-15,17H2,1-2H3,(H2,25,26,30). The lowest BCUT2D eigenvalue weighted by Gasteiger charge is -2.26. The topological polar surface area (TPSA) is 71.4 Å². The Bertz CT molecular complexity index is 1020. The minimum absolute atomic E-state index is 0.262. The van der Waals surface area contributed by atoms with Gasteiger partial charge in [-0.05, 0) is 74.8 Å². The summed E-state index contributed by atoms with van der Waals surface area (Å²) < 4.78 is 7.85. The molecule has 0 bridgehead atoms. The Kier molecular flexibility index (Phi) is 6.72. The van der Waals surface area contributed by atoms with Crippen LogP contribution in [0.4, 0.5) is 10.5 Å². The molecule has 2 aromatic carbocycles. The lowest BCUT2D eigenvalue weighted by Crippen LogP contribution is -2.33. The van der Waals surface area contributed by atoms with Gasteiger partial charge < -0.3 is 19.9 Å². The van der Waals surface area contributed by atoms with Crippen LogP contribution in [0.5, 0.6) is 5.75 Å². The van der Waals surface area contributed by atoms with E-state index >= 15 is 0 Å². The summed E-state index contributed by atoms with van der Waals surface area (Å²) in [6.07, 6.45) is 3.93. The number of carbonyl (C=O) groups excluding carboxylic acids is 1. The molecular formula is C24H31N5O2. The molecule has 2 N–H and O–H groups in total. The first-order valence-corrected chi connectivity index (χ1v) is 11.0. The van der Waals surface area contributed by atoms with E-state index in [1.54, 1.807) is 0 Å². The third-order valence-electron chi connectivity index (χ3n) is 5.77. The molecule has 1 fully saturated rings. The van der Waals surface area contributed by atoms with Gasteiger partial charge in [-0.25, -0.2) is 9.78 Å². The van der Waals surface area contributed by atoms with Crippen LogP contribution in [0.1, 0.15) is 30.7 Å². The summed E-state index contributed by atoms with van der Waals surface area (Å²) in [5, 5.41) is 5.74. The van der Waals surface area contributed by atoms with Crippen molar-refractivity contribution in [2.24, 2.45) is 7.05 Å². The number of fused-ring (bicyclic) bond motifs is 1. The van der Waals surface area contributed by atoms with Gasteiger partial charge >= 0.3 is 6.03 Å². The Morgan fingerprint density at radius 2 is 1.87 bits per heavy atom. The fourth-order valence-electron chi connectivity index (χ4n) is 3.96. The number of hydrogen-bond acceptors (Lipinski definition) is 4. The summed E-state index contributed by atoms with van der Waals surface area (Å²) in [6.45, 7) is 6.40. The molecule has 1 saturated heterocycles. The molecule has 2 heterocycles. The van der Waals surface area contributed by atoms with Crippen molar-refractivity contribution in [3.05, 3.63) is 53.9 Å². The van der Waals surface area contributed by atoms with Gasteiger partial charge in [0.1, 0.15) is 18.2 Å². The molecular weight excluding hydrogens is 390 g/mol. The molecule has 0 spiro atoms. The quantitative estimate of drug-likeness (QED) is 0.603. The van der Waals surface area contributed by atoms with Crippen molar-refractivity contribution in [2.45, 2.75) is 32.7 Å². The van der Waals surface area contributed by atoms with Gasteiger partial charge in [0.25, 0.3) is 0 Å². The molecule has 0 unspecified atom stereocenters. The largest absolute Gasteiger partial charge is 0.492 e. The van der Waals surface area contributed by atoms with Gasteiger partial charge in [-0.1, -0.05) is 12.5 Å². The summed E-state index contributed by atoms with van der Waals surface area (Å²) in [6, 6.07) is 13.4. The first kappa shape index (κ1) is 21.2. The van der Waals surface area contributed by atoms with E-state index < -0.39 is 0 Å². The molecule has 7 nitrogen and oxygen atoms in total. The molecule has 4 rings (SSSR count). The Morgan fingerprint density at radius 3 is 2.65 bits per heavy atom. The smallest absolute Gasteiger partial charge is 0.319 e. The van der Waals surface area contributed by atoms with E-state index in [4.69, 9.17) is 4.74 Å². The van der Waals surface area contributed by atoms with Crippen molar-refractivity contribution >= 4 is 22.8 Å². The first-order chi connectivity index (χ1) is 15.1. The number of amides is 2.